The van der Waals surface area contributed by atoms with Gasteiger partial charge in [-0.15, -0.1) is 0 Å². The number of carbonyl (C=O) groups is 7. The Morgan fingerprint density at radius 1 is 0.662 bits per heavy atom. The summed E-state index contributed by atoms with van der Waals surface area (Å²) in [6.45, 7) is 6.48. The van der Waals surface area contributed by atoms with Gasteiger partial charge in [0.05, 0.1) is 12.0 Å². The summed E-state index contributed by atoms with van der Waals surface area (Å²) in [5.74, 6) is -4.70. The average molecular weight is 930 g/mol. The van der Waals surface area contributed by atoms with Crippen LogP contribution in [0.5, 0.6) is 0 Å². The first-order chi connectivity index (χ1) is 32.7. The zero-order valence-electron chi connectivity index (χ0n) is 38.9. The number of carboxylic acid groups (broad SMARTS) is 1. The predicted octanol–water partition coefficient (Wildman–Crippen LogP) is 4.53. The van der Waals surface area contributed by atoms with Crippen molar-refractivity contribution in [3.63, 3.8) is 0 Å². The van der Waals surface area contributed by atoms with E-state index in [0.717, 1.165) is 64.2 Å². The lowest BCUT2D eigenvalue weighted by atomic mass is 9.99. The Morgan fingerprint density at radius 3 is 1.85 bits per heavy atom. The van der Waals surface area contributed by atoms with Gasteiger partial charge in [0.15, 0.2) is 0 Å². The van der Waals surface area contributed by atoms with Crippen LogP contribution in [0.25, 0.3) is 21.8 Å². The van der Waals surface area contributed by atoms with Crippen LogP contribution in [0.2, 0.25) is 0 Å². The van der Waals surface area contributed by atoms with Gasteiger partial charge in [-0.3, -0.25) is 28.8 Å². The summed E-state index contributed by atoms with van der Waals surface area (Å²) in [7, 11) is 0. The van der Waals surface area contributed by atoms with Gasteiger partial charge in [0.25, 0.3) is 0 Å². The minimum atomic E-state index is -1.13. The fourth-order valence-corrected chi connectivity index (χ4v) is 9.30. The molecule has 6 unspecified atom stereocenters. The molecule has 17 heteroatoms. The molecular formula is C51H63N9O8. The highest BCUT2D eigenvalue weighted by atomic mass is 16.4. The zero-order valence-corrected chi connectivity index (χ0v) is 38.9. The number of carbonyl (C=O) groups excluding carboxylic acids is 6. The van der Waals surface area contributed by atoms with Gasteiger partial charge < -0.3 is 51.9 Å². The molecule has 3 aromatic carbocycles. The molecule has 17 nitrogen and oxygen atoms in total. The van der Waals surface area contributed by atoms with Crippen LogP contribution in [0.15, 0.2) is 85.2 Å². The highest BCUT2D eigenvalue weighted by Crippen LogP contribution is 2.36. The second-order valence-corrected chi connectivity index (χ2v) is 18.4. The van der Waals surface area contributed by atoms with Crippen molar-refractivity contribution >= 4 is 63.3 Å². The number of likely N-dealkylation sites (tertiary alicyclic amines) is 1. The van der Waals surface area contributed by atoms with Gasteiger partial charge in [0.1, 0.15) is 24.2 Å². The highest BCUT2D eigenvalue weighted by Gasteiger charge is 2.39. The largest absolute Gasteiger partial charge is 0.481 e. The predicted molar refractivity (Wildman–Crippen MR) is 257 cm³/mol. The lowest BCUT2D eigenvalue weighted by Gasteiger charge is -2.28. The monoisotopic (exact) mass is 929 g/mol. The molecule has 68 heavy (non-hydrogen) atoms. The summed E-state index contributed by atoms with van der Waals surface area (Å²) in [5, 5.41) is 28.8. The van der Waals surface area contributed by atoms with Crippen LogP contribution in [0, 0.1) is 11.8 Å². The second kappa shape index (κ2) is 22.5. The molecule has 0 spiro atoms. The van der Waals surface area contributed by atoms with E-state index in [1.165, 1.54) is 6.92 Å². The molecule has 7 amide bonds. The molecule has 5 aromatic rings. The molecule has 0 saturated carbocycles. The van der Waals surface area contributed by atoms with Crippen molar-refractivity contribution in [3.05, 3.63) is 107 Å². The van der Waals surface area contributed by atoms with Crippen LogP contribution >= 0.6 is 0 Å². The van der Waals surface area contributed by atoms with Gasteiger partial charge in [0.2, 0.25) is 29.5 Å². The van der Waals surface area contributed by atoms with Crippen molar-refractivity contribution in [1.82, 2.24) is 46.8 Å². The van der Waals surface area contributed by atoms with Gasteiger partial charge in [-0.05, 0) is 72.9 Å². The molecule has 1 aliphatic carbocycles. The van der Waals surface area contributed by atoms with E-state index in [4.69, 9.17) is 0 Å². The third kappa shape index (κ3) is 12.2. The van der Waals surface area contributed by atoms with Crippen LogP contribution in [-0.2, 0) is 48.0 Å². The first-order valence-corrected chi connectivity index (χ1v) is 23.7. The third-order valence-corrected chi connectivity index (χ3v) is 12.9. The SMILES string of the molecule is CC(C)CC(NC(=O)N1CCCCCC1)C(=O)NC(Cc1c[nH]c2ccccc12)C(=O)NC(C)C(=O)NCCC(=O)NC(Cc1c[nH]c2ccccc12)C(=O)NC1c2ccccc2CC1C(=O)O. The molecule has 0 radical (unpaired) electrons. The summed E-state index contributed by atoms with van der Waals surface area (Å²) in [5.41, 5.74) is 4.78. The van der Waals surface area contributed by atoms with Crippen LogP contribution in [0.3, 0.4) is 0 Å². The Morgan fingerprint density at radius 2 is 1.24 bits per heavy atom. The Labute approximate surface area is 395 Å². The maximum Gasteiger partial charge on any atom is 0.318 e. The Hall–Kier alpha value is -7.17. The van der Waals surface area contributed by atoms with Crippen LogP contribution < -0.4 is 31.9 Å². The number of aliphatic carboxylic acids is 1. The second-order valence-electron chi connectivity index (χ2n) is 18.4. The van der Waals surface area contributed by atoms with Gasteiger partial charge in [-0.25, -0.2) is 4.79 Å². The number of benzene rings is 3. The summed E-state index contributed by atoms with van der Waals surface area (Å²) < 4.78 is 0. The number of hydrogen-bond donors (Lipinski definition) is 9. The van der Waals surface area contributed by atoms with E-state index >= 15 is 0 Å². The van der Waals surface area contributed by atoms with Gasteiger partial charge in [-0.1, -0.05) is 87.4 Å². The van der Waals surface area contributed by atoms with Crippen molar-refractivity contribution in [1.29, 1.82) is 0 Å². The fraction of sp³-hybridized carbons (Fsp3) is 0.431. The molecule has 1 aliphatic heterocycles. The van der Waals surface area contributed by atoms with Gasteiger partial charge in [0, 0.05) is 73.1 Å². The number of hydrogen-bond acceptors (Lipinski definition) is 7. The summed E-state index contributed by atoms with van der Waals surface area (Å²) >= 11 is 0. The summed E-state index contributed by atoms with van der Waals surface area (Å²) in [4.78, 5) is 103. The summed E-state index contributed by atoms with van der Waals surface area (Å²) in [6, 6.07) is 17.0. The number of aromatic amines is 2. The lowest BCUT2D eigenvalue weighted by Crippen LogP contribution is -2.58. The van der Waals surface area contributed by atoms with Crippen LogP contribution in [-0.4, -0.2) is 105 Å². The van der Waals surface area contributed by atoms with Crippen molar-refractivity contribution in [3.8, 4) is 0 Å². The standard InChI is InChI=1S/C51H63N9O8/c1-30(2)24-41(58-51(68)60-22-12-4-5-13-23-60)48(64)57-43(27-34-29-54-40-19-11-9-16-36(34)40)47(63)55-31(3)46(62)52-21-20-44(61)56-42(26-33-28-53-39-18-10-8-15-35(33)39)49(65)59-45-37-17-7-6-14-32(37)25-38(45)50(66)67/h6-11,14-19,28-31,38,41-43,45,53-54H,4-5,12-13,20-27H2,1-3H3,(H,52,62)(H,55,63)(H,56,61)(H,57,64)(H,58,68)(H,59,65)(H,66,67). The summed E-state index contributed by atoms with van der Waals surface area (Å²) in [6.07, 6.45) is 7.98. The maximum absolute atomic E-state index is 14.1. The van der Waals surface area contributed by atoms with E-state index in [0.29, 0.717) is 25.1 Å². The Kier molecular flexibility index (Phi) is 16.2. The average Bonchev–Trinajstić information content (AvgIpc) is 3.96. The number of urea groups is 1. The minimum Gasteiger partial charge on any atom is -0.481 e. The first-order valence-electron chi connectivity index (χ1n) is 23.7. The maximum atomic E-state index is 14.1. The molecule has 9 N–H and O–H groups in total. The lowest BCUT2D eigenvalue weighted by molar-refractivity contribution is -0.143. The number of carboxylic acids is 1. The number of nitrogens with one attached hydrogen (secondary N) is 8. The minimum absolute atomic E-state index is 0.0473. The van der Waals surface area contributed by atoms with Crippen LogP contribution in [0.1, 0.15) is 87.6 Å². The van der Waals surface area contributed by atoms with Crippen LogP contribution in [0.4, 0.5) is 4.79 Å². The van der Waals surface area contributed by atoms with E-state index in [1.54, 1.807) is 29.4 Å². The molecule has 2 aliphatic rings. The normalized spacial score (nSPS) is 17.6. The quantitative estimate of drug-likeness (QED) is 0.0568. The van der Waals surface area contributed by atoms with Gasteiger partial charge in [-0.2, -0.15) is 0 Å². The molecule has 2 aromatic heterocycles. The Bertz CT molecular complexity index is 2610. The molecule has 7 rings (SSSR count). The molecular weight excluding hydrogens is 867 g/mol. The zero-order chi connectivity index (χ0) is 48.3. The number of H-pyrrole nitrogens is 2. The molecule has 0 bridgehead atoms. The van der Waals surface area contributed by atoms with Gasteiger partial charge >= 0.3 is 12.0 Å². The number of aromatic nitrogens is 2. The molecule has 3 heterocycles. The van der Waals surface area contributed by atoms with Crippen molar-refractivity contribution in [2.75, 3.05) is 19.6 Å². The van der Waals surface area contributed by atoms with E-state index in [2.05, 4.69) is 41.9 Å². The fourth-order valence-electron chi connectivity index (χ4n) is 9.30. The first kappa shape index (κ1) is 48.8. The van der Waals surface area contributed by atoms with E-state index < -0.39 is 71.6 Å². The Balaban J connectivity index is 0.988. The van der Waals surface area contributed by atoms with E-state index in [-0.39, 0.29) is 44.2 Å². The number of rotatable bonds is 19. The van der Waals surface area contributed by atoms with Crippen molar-refractivity contribution < 1.29 is 38.7 Å². The topological polar surface area (TPSA) is 247 Å². The number of amides is 7. The smallest absolute Gasteiger partial charge is 0.318 e. The number of fused-ring (bicyclic) bond motifs is 3. The molecule has 360 valence electrons. The highest BCUT2D eigenvalue weighted by molar-refractivity contribution is 5.95. The van der Waals surface area contributed by atoms with E-state index in [9.17, 15) is 38.7 Å². The number of nitrogens with zero attached hydrogens (tertiary/aromatic N) is 1. The molecule has 1 saturated heterocycles. The van der Waals surface area contributed by atoms with E-state index in [1.807, 2.05) is 74.5 Å². The third-order valence-electron chi connectivity index (χ3n) is 12.9. The molecule has 6 atom stereocenters. The number of para-hydroxylation sites is 2. The van der Waals surface area contributed by atoms with Crippen molar-refractivity contribution in [2.45, 2.75) is 109 Å². The van der Waals surface area contributed by atoms with Crippen molar-refractivity contribution in [2.24, 2.45) is 11.8 Å². The molecule has 1 fully saturated rings.